The summed E-state index contributed by atoms with van der Waals surface area (Å²) in [7, 11) is 3.24. The fourth-order valence-electron chi connectivity index (χ4n) is 7.95. The Morgan fingerprint density at radius 3 is 1.96 bits per heavy atom. The first-order chi connectivity index (χ1) is 20.7. The lowest BCUT2D eigenvalue weighted by Crippen LogP contribution is -2.51. The summed E-state index contributed by atoms with van der Waals surface area (Å²) < 4.78 is 33.6. The number of hydrogen-bond donors (Lipinski definition) is 1. The molecular weight excluding hydrogens is 596 g/mol. The molecule has 0 aromatic carbocycles. The molecule has 2 aliphatic carbocycles. The van der Waals surface area contributed by atoms with E-state index in [0.29, 0.717) is 31.7 Å². The van der Waals surface area contributed by atoms with Gasteiger partial charge in [0.2, 0.25) is 0 Å². The summed E-state index contributed by atoms with van der Waals surface area (Å²) in [4.78, 5) is 41.1. The van der Waals surface area contributed by atoms with Gasteiger partial charge in [-0.05, 0) is 96.8 Å². The van der Waals surface area contributed by atoms with Crippen LogP contribution in [0.15, 0.2) is 12.3 Å². The van der Waals surface area contributed by atoms with Crippen LogP contribution >= 0.6 is 0 Å². The number of allylic oxidation sites excluding steroid dienone is 1. The van der Waals surface area contributed by atoms with E-state index < -0.39 is 30.7 Å². The number of carbonyl (C=O) groups excluding carboxylic acids is 3. The molecule has 2 aliphatic rings. The van der Waals surface area contributed by atoms with Crippen molar-refractivity contribution >= 4 is 26.7 Å². The number of aliphatic hydroxyl groups excluding tert-OH is 1. The first-order valence-corrected chi connectivity index (χ1v) is 18.1. The van der Waals surface area contributed by atoms with E-state index in [2.05, 4.69) is 6.58 Å². The largest absolute Gasteiger partial charge is 0.512 e. The third kappa shape index (κ3) is 8.70. The zero-order valence-corrected chi connectivity index (χ0v) is 30.9. The van der Waals surface area contributed by atoms with Crippen LogP contribution in [-0.4, -0.2) is 72.5 Å². The number of fused-ring (bicyclic) bond motifs is 2. The van der Waals surface area contributed by atoms with Crippen LogP contribution < -0.4 is 0 Å². The topological polar surface area (TPSA) is 127 Å². The fourth-order valence-corrected chi connectivity index (χ4v) is 9.64. The Morgan fingerprint density at radius 1 is 0.911 bits per heavy atom. The zero-order chi connectivity index (χ0) is 34.6. The summed E-state index contributed by atoms with van der Waals surface area (Å²) >= 11 is 0. The molecule has 7 unspecified atom stereocenters. The first-order valence-electron chi connectivity index (χ1n) is 16.2. The molecule has 7 atom stereocenters. The lowest BCUT2D eigenvalue weighted by molar-refractivity contribution is -0.181. The third-order valence-corrected chi connectivity index (χ3v) is 13.5. The van der Waals surface area contributed by atoms with Crippen LogP contribution in [0.2, 0.25) is 6.04 Å². The summed E-state index contributed by atoms with van der Waals surface area (Å²) in [6.45, 7) is 19.1. The molecule has 1 N–H and O–H groups in total. The van der Waals surface area contributed by atoms with Crippen LogP contribution in [0.1, 0.15) is 93.9 Å². The number of rotatable bonds is 17. The minimum atomic E-state index is -2.81. The summed E-state index contributed by atoms with van der Waals surface area (Å²) in [5.74, 6) is -1.51. The van der Waals surface area contributed by atoms with Gasteiger partial charge in [-0.1, -0.05) is 27.4 Å². The second-order valence-corrected chi connectivity index (χ2v) is 18.4. The summed E-state index contributed by atoms with van der Waals surface area (Å²) in [6, 6.07) is 0.488. The molecule has 0 aromatic rings. The summed E-state index contributed by atoms with van der Waals surface area (Å²) in [5.41, 5.74) is -3.48. The Kier molecular flexibility index (Phi) is 13.0. The molecule has 0 saturated heterocycles. The standard InChI is InChI=1S/C34H60O10Si/c1-14-33(8,29(37)43-16-15-17-45(40-11,41-12)42-13)21-34(9,30(38)44-31(3,4)5)27-23-18-24(25(19-23)28(36)39-10)26(27)20-32(6,7)22(2)35/h23-27,35H,2,14-21H2,1,3-13H3. The van der Waals surface area contributed by atoms with Crippen molar-refractivity contribution < 1.29 is 47.0 Å². The van der Waals surface area contributed by atoms with Gasteiger partial charge in [-0.15, -0.1) is 0 Å². The molecule has 45 heavy (non-hydrogen) atoms. The van der Waals surface area contributed by atoms with Crippen LogP contribution in [-0.2, 0) is 41.9 Å². The van der Waals surface area contributed by atoms with Crippen LogP contribution in [0, 0.1) is 45.8 Å². The molecule has 0 aromatic heterocycles. The second kappa shape index (κ2) is 14.9. The fraction of sp³-hybridized carbons (Fsp3) is 0.853. The van der Waals surface area contributed by atoms with Crippen molar-refractivity contribution in [3.63, 3.8) is 0 Å². The van der Waals surface area contributed by atoms with Gasteiger partial charge < -0.3 is 32.6 Å². The Bertz CT molecular complexity index is 1060. The van der Waals surface area contributed by atoms with E-state index in [9.17, 15) is 19.5 Å². The third-order valence-electron chi connectivity index (χ3n) is 10.6. The highest BCUT2D eigenvalue weighted by Gasteiger charge is 2.64. The average Bonchev–Trinajstić information content (AvgIpc) is 3.55. The molecule has 0 spiro atoms. The van der Waals surface area contributed by atoms with E-state index in [0.717, 1.165) is 6.42 Å². The maximum absolute atomic E-state index is 14.4. The highest BCUT2D eigenvalue weighted by Crippen LogP contribution is 2.65. The van der Waals surface area contributed by atoms with Gasteiger partial charge in [-0.3, -0.25) is 14.4 Å². The minimum absolute atomic E-state index is 0.0283. The number of methoxy groups -OCH3 is 1. The van der Waals surface area contributed by atoms with E-state index >= 15 is 0 Å². The number of carbonyl (C=O) groups is 3. The van der Waals surface area contributed by atoms with Gasteiger partial charge in [0, 0.05) is 32.8 Å². The van der Waals surface area contributed by atoms with Gasteiger partial charge in [0.05, 0.1) is 36.2 Å². The Hall–Kier alpha value is -1.95. The minimum Gasteiger partial charge on any atom is -0.512 e. The lowest BCUT2D eigenvalue weighted by Gasteiger charge is -2.49. The average molecular weight is 657 g/mol. The van der Waals surface area contributed by atoms with E-state index in [1.807, 2.05) is 55.4 Å². The Morgan fingerprint density at radius 2 is 1.49 bits per heavy atom. The molecule has 2 rings (SSSR count). The van der Waals surface area contributed by atoms with E-state index in [1.54, 1.807) is 21.3 Å². The van der Waals surface area contributed by atoms with Crippen molar-refractivity contribution in [3.05, 3.63) is 12.3 Å². The Labute approximate surface area is 272 Å². The van der Waals surface area contributed by atoms with Crippen molar-refractivity contribution in [2.75, 3.05) is 35.0 Å². The van der Waals surface area contributed by atoms with Crippen LogP contribution in [0.4, 0.5) is 0 Å². The second-order valence-electron chi connectivity index (χ2n) is 15.3. The maximum atomic E-state index is 14.4. The van der Waals surface area contributed by atoms with Crippen LogP contribution in [0.25, 0.3) is 0 Å². The quantitative estimate of drug-likeness (QED) is 0.0609. The van der Waals surface area contributed by atoms with Crippen molar-refractivity contribution in [1.29, 1.82) is 0 Å². The number of esters is 3. The van der Waals surface area contributed by atoms with Gasteiger partial charge in [0.1, 0.15) is 5.60 Å². The molecule has 0 amide bonds. The van der Waals surface area contributed by atoms with Crippen molar-refractivity contribution in [2.24, 2.45) is 45.8 Å². The van der Waals surface area contributed by atoms with Crippen molar-refractivity contribution in [2.45, 2.75) is 106 Å². The Balaban J connectivity index is 2.49. The smallest absolute Gasteiger partial charge is 0.500 e. The number of ether oxygens (including phenoxy) is 3. The first kappa shape index (κ1) is 39.2. The van der Waals surface area contributed by atoms with E-state index in [-0.39, 0.29) is 66.3 Å². The molecule has 260 valence electrons. The van der Waals surface area contributed by atoms with Gasteiger partial charge in [-0.2, -0.15) is 0 Å². The zero-order valence-electron chi connectivity index (χ0n) is 29.9. The molecular formula is C34H60O10Si. The summed E-state index contributed by atoms with van der Waals surface area (Å²) in [5, 5.41) is 10.5. The maximum Gasteiger partial charge on any atom is 0.500 e. The summed E-state index contributed by atoms with van der Waals surface area (Å²) in [6.07, 6.45) is 3.06. The number of hydrogen-bond acceptors (Lipinski definition) is 10. The van der Waals surface area contributed by atoms with Gasteiger partial charge in [0.15, 0.2) is 0 Å². The monoisotopic (exact) mass is 656 g/mol. The molecule has 2 fully saturated rings. The molecule has 0 radical (unpaired) electrons. The predicted octanol–water partition coefficient (Wildman–Crippen LogP) is 6.50. The van der Waals surface area contributed by atoms with Crippen LogP contribution in [0.5, 0.6) is 0 Å². The van der Waals surface area contributed by atoms with E-state index in [1.165, 1.54) is 7.11 Å². The highest BCUT2D eigenvalue weighted by atomic mass is 28.4. The SMILES string of the molecule is C=C(O)C(C)(C)CC1C2CC(CC2C(=O)OC)C1C(C)(CC(C)(CC)C(=O)OCCC[Si](OC)(OC)OC)C(=O)OC(C)(C)C. The molecule has 11 heteroatoms. The molecule has 10 nitrogen and oxygen atoms in total. The van der Waals surface area contributed by atoms with Crippen LogP contribution in [0.3, 0.4) is 0 Å². The normalized spacial score (nSPS) is 26.1. The molecule has 0 heterocycles. The highest BCUT2D eigenvalue weighted by molar-refractivity contribution is 6.60. The van der Waals surface area contributed by atoms with Gasteiger partial charge in [0.25, 0.3) is 0 Å². The molecule has 2 bridgehead atoms. The lowest BCUT2D eigenvalue weighted by atomic mass is 9.55. The van der Waals surface area contributed by atoms with Crippen molar-refractivity contribution in [3.8, 4) is 0 Å². The molecule has 0 aliphatic heterocycles. The van der Waals surface area contributed by atoms with Crippen molar-refractivity contribution in [1.82, 2.24) is 0 Å². The molecule has 2 saturated carbocycles. The van der Waals surface area contributed by atoms with Gasteiger partial charge in [-0.25, -0.2) is 0 Å². The predicted molar refractivity (Wildman–Crippen MR) is 173 cm³/mol. The van der Waals surface area contributed by atoms with Gasteiger partial charge >= 0.3 is 26.7 Å². The number of aliphatic hydroxyl groups is 1. The van der Waals surface area contributed by atoms with E-state index in [4.69, 9.17) is 27.5 Å².